The van der Waals surface area contributed by atoms with E-state index >= 15 is 0 Å². The Morgan fingerprint density at radius 3 is 2.16 bits per heavy atom. The maximum Gasteiger partial charge on any atom is 0.162 e. The summed E-state index contributed by atoms with van der Waals surface area (Å²) in [5.74, 6) is 0.706. The number of fused-ring (bicyclic) bond motifs is 2. The summed E-state index contributed by atoms with van der Waals surface area (Å²) in [5, 5.41) is 11.7. The lowest BCUT2D eigenvalue weighted by molar-refractivity contribution is 0.0814. The second-order valence-corrected chi connectivity index (χ2v) is 23.4. The molecule has 0 bridgehead atoms. The van der Waals surface area contributed by atoms with E-state index in [1.807, 2.05) is 23.0 Å². The Hall–Kier alpha value is -2.25. The Kier molecular flexibility index (Phi) is 8.44. The number of methoxy groups -OCH3 is 1. The predicted molar refractivity (Wildman–Crippen MR) is 156 cm³/mol. The zero-order valence-electron chi connectivity index (χ0n) is 23.0. The molecule has 3 heterocycles. The van der Waals surface area contributed by atoms with Crippen LogP contribution in [-0.4, -0.2) is 61.0 Å². The molecule has 0 aliphatic rings. The fraction of sp³-hybridized carbons (Fsp3) is 0.500. The van der Waals surface area contributed by atoms with Crippen molar-refractivity contribution >= 4 is 49.7 Å². The molecule has 0 N–H and O–H groups in total. The van der Waals surface area contributed by atoms with Crippen molar-refractivity contribution in [3.63, 3.8) is 0 Å². The minimum Gasteiger partial charge on any atom is -0.496 e. The van der Waals surface area contributed by atoms with Crippen molar-refractivity contribution in [2.24, 2.45) is 0 Å². The lowest BCUT2D eigenvalue weighted by Gasteiger charge is -2.15. The molecule has 0 fully saturated rings. The van der Waals surface area contributed by atoms with Crippen LogP contribution >= 0.6 is 11.6 Å². The fourth-order valence-corrected chi connectivity index (χ4v) is 5.60. The van der Waals surface area contributed by atoms with E-state index in [1.165, 1.54) is 0 Å². The Balaban J connectivity index is 1.64. The summed E-state index contributed by atoms with van der Waals surface area (Å²) < 4.78 is 21.4. The van der Waals surface area contributed by atoms with E-state index in [2.05, 4.69) is 55.4 Å². The van der Waals surface area contributed by atoms with Crippen LogP contribution in [0.15, 0.2) is 30.5 Å². The summed E-state index contributed by atoms with van der Waals surface area (Å²) in [6.45, 7) is 16.2. The average molecular weight is 560 g/mol. The second kappa shape index (κ2) is 11.2. The van der Waals surface area contributed by atoms with Gasteiger partial charge in [-0.25, -0.2) is 14.3 Å². The Morgan fingerprint density at radius 1 is 0.892 bits per heavy atom. The van der Waals surface area contributed by atoms with Crippen LogP contribution in [0.1, 0.15) is 0 Å². The van der Waals surface area contributed by atoms with Crippen LogP contribution in [0, 0.1) is 0 Å². The molecule has 0 aliphatic heterocycles. The first-order chi connectivity index (χ1) is 17.4. The van der Waals surface area contributed by atoms with Crippen molar-refractivity contribution in [3.8, 4) is 17.0 Å². The molecule has 0 amide bonds. The molecule has 0 unspecified atom stereocenters. The highest BCUT2D eigenvalue weighted by atomic mass is 35.5. The van der Waals surface area contributed by atoms with E-state index in [0.29, 0.717) is 36.6 Å². The third kappa shape index (κ3) is 6.99. The molecule has 200 valence electrons. The van der Waals surface area contributed by atoms with Crippen LogP contribution in [0.5, 0.6) is 5.75 Å². The molecule has 0 spiro atoms. The first-order valence-corrected chi connectivity index (χ1v) is 20.5. The molecule has 11 heteroatoms. The maximum absolute atomic E-state index is 6.25. The molecule has 0 aliphatic carbocycles. The molecule has 8 nitrogen and oxygen atoms in total. The number of rotatable bonds is 12. The molecule has 0 radical (unpaired) electrons. The van der Waals surface area contributed by atoms with Crippen LogP contribution in [0.3, 0.4) is 0 Å². The van der Waals surface area contributed by atoms with Gasteiger partial charge in [0.05, 0.1) is 18.8 Å². The normalized spacial score (nSPS) is 12.6. The van der Waals surface area contributed by atoms with Crippen molar-refractivity contribution in [1.29, 1.82) is 0 Å². The van der Waals surface area contributed by atoms with Gasteiger partial charge in [-0.05, 0) is 30.3 Å². The number of hydrogen-bond donors (Lipinski definition) is 0. The molecule has 1 aromatic carbocycles. The Morgan fingerprint density at radius 2 is 1.54 bits per heavy atom. The van der Waals surface area contributed by atoms with Crippen molar-refractivity contribution in [2.45, 2.75) is 64.8 Å². The summed E-state index contributed by atoms with van der Waals surface area (Å²) >= 11 is 6.25. The van der Waals surface area contributed by atoms with Crippen molar-refractivity contribution in [2.75, 3.05) is 20.3 Å². The van der Waals surface area contributed by atoms with E-state index in [4.69, 9.17) is 30.9 Å². The zero-order chi connectivity index (χ0) is 26.8. The number of benzene rings is 1. The lowest BCUT2D eigenvalue weighted by Crippen LogP contribution is -2.22. The van der Waals surface area contributed by atoms with Gasteiger partial charge < -0.3 is 14.2 Å². The van der Waals surface area contributed by atoms with Crippen molar-refractivity contribution in [3.05, 3.63) is 35.6 Å². The quantitative estimate of drug-likeness (QED) is 0.109. The van der Waals surface area contributed by atoms with Crippen LogP contribution < -0.4 is 4.74 Å². The maximum atomic E-state index is 6.25. The van der Waals surface area contributed by atoms with Crippen LogP contribution in [-0.2, 0) is 22.9 Å². The van der Waals surface area contributed by atoms with Crippen molar-refractivity contribution in [1.82, 2.24) is 24.5 Å². The van der Waals surface area contributed by atoms with Crippen LogP contribution in [0.2, 0.25) is 56.5 Å². The Bertz CT molecular complexity index is 1370. The monoisotopic (exact) mass is 559 g/mol. The number of pyridine rings is 1. The van der Waals surface area contributed by atoms with Crippen molar-refractivity contribution < 1.29 is 14.2 Å². The Labute approximate surface area is 225 Å². The molecular formula is C26H38ClN5O3Si2. The zero-order valence-corrected chi connectivity index (χ0v) is 25.7. The van der Waals surface area contributed by atoms with Gasteiger partial charge in [-0.2, -0.15) is 10.2 Å². The number of nitrogens with zero attached hydrogens (tertiary/aromatic N) is 5. The topological polar surface area (TPSA) is 76.2 Å². The molecule has 37 heavy (non-hydrogen) atoms. The van der Waals surface area contributed by atoms with Gasteiger partial charge >= 0.3 is 0 Å². The van der Waals surface area contributed by atoms with Gasteiger partial charge in [0.25, 0.3) is 0 Å². The average Bonchev–Trinajstić information content (AvgIpc) is 3.38. The summed E-state index contributed by atoms with van der Waals surface area (Å²) in [7, 11) is -0.655. The van der Waals surface area contributed by atoms with Gasteiger partial charge in [-0.1, -0.05) is 50.9 Å². The SMILES string of the molecule is COc1cc2c(cnn2COCC[Si](C)(C)C)cc1-c1nn(COCC[Si](C)(C)C)c2nc(Cl)ccc12. The highest BCUT2D eigenvalue weighted by Crippen LogP contribution is 2.37. The van der Waals surface area contributed by atoms with Gasteiger partial charge in [0.2, 0.25) is 0 Å². The summed E-state index contributed by atoms with van der Waals surface area (Å²) in [5.41, 5.74) is 3.27. The molecule has 0 saturated carbocycles. The number of ether oxygens (including phenoxy) is 3. The minimum absolute atomic E-state index is 0.311. The van der Waals surface area contributed by atoms with E-state index in [0.717, 1.165) is 46.2 Å². The highest BCUT2D eigenvalue weighted by Gasteiger charge is 2.20. The summed E-state index contributed by atoms with van der Waals surface area (Å²) in [4.78, 5) is 4.55. The molecule has 4 rings (SSSR count). The van der Waals surface area contributed by atoms with E-state index in [9.17, 15) is 0 Å². The predicted octanol–water partition coefficient (Wildman–Crippen LogP) is 6.73. The standard InChI is InChI=1S/C26H38ClN5O3Si2/c1-33-23-15-22-19(16-28-31(22)17-34-10-12-36(2,3)4)14-21(23)25-20-8-9-24(27)29-26(20)32(30-25)18-35-11-13-37(5,6)7/h8-9,14-16H,10-13,17-18H2,1-7H3. The second-order valence-electron chi connectivity index (χ2n) is 11.8. The molecular weight excluding hydrogens is 522 g/mol. The minimum atomic E-state index is -1.18. The van der Waals surface area contributed by atoms with E-state index in [-0.39, 0.29) is 0 Å². The van der Waals surface area contributed by atoms with Crippen LogP contribution in [0.4, 0.5) is 0 Å². The smallest absolute Gasteiger partial charge is 0.162 e. The van der Waals surface area contributed by atoms with Gasteiger partial charge in [0, 0.05) is 51.8 Å². The largest absolute Gasteiger partial charge is 0.496 e. The van der Waals surface area contributed by atoms with Gasteiger partial charge in [-0.3, -0.25) is 0 Å². The third-order valence-electron chi connectivity index (χ3n) is 6.20. The van der Waals surface area contributed by atoms with Gasteiger partial charge in [0.15, 0.2) is 5.65 Å². The van der Waals surface area contributed by atoms with E-state index < -0.39 is 16.1 Å². The lowest BCUT2D eigenvalue weighted by atomic mass is 10.1. The molecule has 0 atom stereocenters. The molecule has 0 saturated heterocycles. The van der Waals surface area contributed by atoms with Gasteiger partial charge in [-0.15, -0.1) is 0 Å². The number of aromatic nitrogens is 5. The summed E-state index contributed by atoms with van der Waals surface area (Å²) in [6, 6.07) is 10.0. The first kappa shape index (κ1) is 27.8. The number of halogens is 1. The highest BCUT2D eigenvalue weighted by molar-refractivity contribution is 6.76. The van der Waals surface area contributed by atoms with Gasteiger partial charge in [0.1, 0.15) is 30.1 Å². The fourth-order valence-electron chi connectivity index (χ4n) is 3.94. The molecule has 4 aromatic rings. The summed E-state index contributed by atoms with van der Waals surface area (Å²) in [6.07, 6.45) is 1.86. The van der Waals surface area contributed by atoms with Crippen LogP contribution in [0.25, 0.3) is 33.2 Å². The third-order valence-corrected chi connectivity index (χ3v) is 9.82. The number of hydrogen-bond acceptors (Lipinski definition) is 6. The molecule has 3 aromatic heterocycles. The first-order valence-electron chi connectivity index (χ1n) is 12.7. The van der Waals surface area contributed by atoms with E-state index in [1.54, 1.807) is 17.9 Å².